The highest BCUT2D eigenvalue weighted by atomic mass is 16.2. The molecule has 0 radical (unpaired) electrons. The van der Waals surface area contributed by atoms with Crippen LogP contribution in [0.2, 0.25) is 0 Å². The summed E-state index contributed by atoms with van der Waals surface area (Å²) in [7, 11) is 0. The molecule has 3 rings (SSSR count). The first-order chi connectivity index (χ1) is 10.2. The first-order valence-electron chi connectivity index (χ1n) is 7.84. The summed E-state index contributed by atoms with van der Waals surface area (Å²) in [5.74, 6) is 0.364. The Morgan fingerprint density at radius 2 is 1.81 bits per heavy atom. The predicted octanol–water partition coefficient (Wildman–Crippen LogP) is 2.49. The Hall–Kier alpha value is -1.68. The molecule has 2 aliphatic rings. The second kappa shape index (κ2) is 5.98. The summed E-state index contributed by atoms with van der Waals surface area (Å²) in [6, 6.07) is 9.19. The number of rotatable bonds is 3. The molecule has 1 N–H and O–H groups in total. The summed E-state index contributed by atoms with van der Waals surface area (Å²) in [4.78, 5) is 26.0. The zero-order valence-corrected chi connectivity index (χ0v) is 12.4. The van der Waals surface area contributed by atoms with Gasteiger partial charge in [-0.2, -0.15) is 0 Å². The number of hydrogen-bond donors (Lipinski definition) is 1. The summed E-state index contributed by atoms with van der Waals surface area (Å²) >= 11 is 0. The maximum absolute atomic E-state index is 12.5. The smallest absolute Gasteiger partial charge is 0.251 e. The van der Waals surface area contributed by atoms with Crippen LogP contribution in [0.15, 0.2) is 30.3 Å². The highest BCUT2D eigenvalue weighted by molar-refractivity contribution is 6.22. The Labute approximate surface area is 125 Å². The van der Waals surface area contributed by atoms with Crippen molar-refractivity contribution in [2.45, 2.75) is 51.1 Å². The topological polar surface area (TPSA) is 49.4 Å². The van der Waals surface area contributed by atoms with Crippen molar-refractivity contribution in [3.63, 3.8) is 0 Å². The molecular weight excluding hydrogens is 264 g/mol. The van der Waals surface area contributed by atoms with Crippen molar-refractivity contribution < 1.29 is 9.59 Å². The van der Waals surface area contributed by atoms with Crippen molar-refractivity contribution in [2.75, 3.05) is 4.90 Å². The lowest BCUT2D eigenvalue weighted by Crippen LogP contribution is -2.47. The van der Waals surface area contributed by atoms with Gasteiger partial charge in [-0.15, -0.1) is 0 Å². The number of anilines is 1. The van der Waals surface area contributed by atoms with Crippen molar-refractivity contribution in [3.8, 4) is 0 Å². The molecule has 2 amide bonds. The molecule has 1 aromatic carbocycles. The minimum Gasteiger partial charge on any atom is -0.302 e. The summed E-state index contributed by atoms with van der Waals surface area (Å²) in [6.07, 6.45) is 5.06. The minimum atomic E-state index is -0.358. The molecule has 21 heavy (non-hydrogen) atoms. The molecule has 1 aliphatic heterocycles. The number of nitrogens with zero attached hydrogens (tertiary/aromatic N) is 1. The van der Waals surface area contributed by atoms with E-state index in [1.807, 2.05) is 18.2 Å². The van der Waals surface area contributed by atoms with Crippen molar-refractivity contribution in [1.82, 2.24) is 5.32 Å². The van der Waals surface area contributed by atoms with Gasteiger partial charge >= 0.3 is 0 Å². The van der Waals surface area contributed by atoms with Crippen molar-refractivity contribution in [3.05, 3.63) is 30.3 Å². The average molecular weight is 286 g/mol. The Balaban J connectivity index is 1.71. The van der Waals surface area contributed by atoms with Crippen LogP contribution in [0, 0.1) is 5.92 Å². The van der Waals surface area contributed by atoms with E-state index in [1.54, 1.807) is 12.1 Å². The quantitative estimate of drug-likeness (QED) is 0.869. The predicted molar refractivity (Wildman–Crippen MR) is 81.9 cm³/mol. The molecule has 0 bridgehead atoms. The number of para-hydroxylation sites is 1. The van der Waals surface area contributed by atoms with Gasteiger partial charge in [-0.3, -0.25) is 9.59 Å². The van der Waals surface area contributed by atoms with E-state index in [2.05, 4.69) is 12.2 Å². The van der Waals surface area contributed by atoms with E-state index in [-0.39, 0.29) is 24.3 Å². The monoisotopic (exact) mass is 286 g/mol. The largest absolute Gasteiger partial charge is 0.302 e. The van der Waals surface area contributed by atoms with Gasteiger partial charge in [-0.05, 0) is 30.9 Å². The van der Waals surface area contributed by atoms with E-state index in [4.69, 9.17) is 0 Å². The molecular formula is C17H22N2O2. The van der Waals surface area contributed by atoms with Gasteiger partial charge in [0, 0.05) is 6.04 Å². The number of nitrogens with one attached hydrogen (secondary N) is 1. The Bertz CT molecular complexity index is 529. The number of benzene rings is 1. The number of carbonyl (C=O) groups excluding carboxylic acids is 2. The Morgan fingerprint density at radius 1 is 1.10 bits per heavy atom. The fourth-order valence-corrected chi connectivity index (χ4v) is 3.43. The third-order valence-electron chi connectivity index (χ3n) is 4.69. The third kappa shape index (κ3) is 2.86. The maximum atomic E-state index is 12.5. The van der Waals surface area contributed by atoms with Crippen molar-refractivity contribution in [2.24, 2.45) is 5.92 Å². The van der Waals surface area contributed by atoms with Crippen LogP contribution in [0.4, 0.5) is 5.69 Å². The van der Waals surface area contributed by atoms with E-state index in [9.17, 15) is 9.59 Å². The molecule has 1 saturated carbocycles. The van der Waals surface area contributed by atoms with Crippen LogP contribution in [0.1, 0.15) is 39.0 Å². The molecule has 0 spiro atoms. The van der Waals surface area contributed by atoms with Crippen LogP contribution in [-0.2, 0) is 9.59 Å². The van der Waals surface area contributed by atoms with Gasteiger partial charge in [0.2, 0.25) is 5.91 Å². The first kappa shape index (κ1) is 14.3. The van der Waals surface area contributed by atoms with E-state index < -0.39 is 0 Å². The van der Waals surface area contributed by atoms with Crippen molar-refractivity contribution in [1.29, 1.82) is 0 Å². The van der Waals surface area contributed by atoms with Crippen LogP contribution in [0.3, 0.4) is 0 Å². The number of carbonyl (C=O) groups is 2. The molecule has 3 unspecified atom stereocenters. The van der Waals surface area contributed by atoms with Gasteiger partial charge in [0.15, 0.2) is 0 Å². The van der Waals surface area contributed by atoms with Gasteiger partial charge in [-0.1, -0.05) is 38.0 Å². The fourth-order valence-electron chi connectivity index (χ4n) is 3.43. The molecule has 1 aromatic rings. The second-order valence-electron chi connectivity index (χ2n) is 6.19. The van der Waals surface area contributed by atoms with Gasteiger partial charge in [0.25, 0.3) is 5.91 Å². The average Bonchev–Trinajstić information content (AvgIpc) is 2.77. The zero-order chi connectivity index (χ0) is 14.8. The van der Waals surface area contributed by atoms with Gasteiger partial charge in [0.1, 0.15) is 0 Å². The lowest BCUT2D eigenvalue weighted by Gasteiger charge is -2.31. The van der Waals surface area contributed by atoms with E-state index in [0.29, 0.717) is 17.6 Å². The molecule has 4 heteroatoms. The number of amides is 2. The third-order valence-corrected chi connectivity index (χ3v) is 4.69. The fraction of sp³-hybridized carbons (Fsp3) is 0.529. The van der Waals surface area contributed by atoms with Gasteiger partial charge in [-0.25, -0.2) is 4.90 Å². The van der Waals surface area contributed by atoms with Crippen LogP contribution in [0.5, 0.6) is 0 Å². The Kier molecular flexibility index (Phi) is 4.06. The molecule has 1 heterocycles. The van der Waals surface area contributed by atoms with E-state index >= 15 is 0 Å². The van der Waals surface area contributed by atoms with E-state index in [1.165, 1.54) is 24.2 Å². The molecule has 3 atom stereocenters. The maximum Gasteiger partial charge on any atom is 0.251 e. The normalized spacial score (nSPS) is 30.0. The number of imide groups is 1. The molecule has 4 nitrogen and oxygen atoms in total. The molecule has 2 fully saturated rings. The molecule has 112 valence electrons. The standard InChI is InChI=1S/C17H22N2O2/c1-12-7-5-6-10-14(12)18-15-11-16(20)19(17(15)21)13-8-3-2-4-9-13/h2-4,8-9,12,14-15,18H,5-7,10-11H2,1H3. The van der Waals surface area contributed by atoms with Crippen LogP contribution >= 0.6 is 0 Å². The van der Waals surface area contributed by atoms with E-state index in [0.717, 1.165) is 6.42 Å². The highest BCUT2D eigenvalue weighted by Gasteiger charge is 2.41. The lowest BCUT2D eigenvalue weighted by atomic mass is 9.85. The Morgan fingerprint density at radius 3 is 2.52 bits per heavy atom. The highest BCUT2D eigenvalue weighted by Crippen LogP contribution is 2.27. The zero-order valence-electron chi connectivity index (χ0n) is 12.4. The van der Waals surface area contributed by atoms with Crippen molar-refractivity contribution >= 4 is 17.5 Å². The van der Waals surface area contributed by atoms with Crippen LogP contribution in [0.25, 0.3) is 0 Å². The first-order valence-corrected chi connectivity index (χ1v) is 7.84. The minimum absolute atomic E-state index is 0.104. The summed E-state index contributed by atoms with van der Waals surface area (Å²) in [6.45, 7) is 2.23. The SMILES string of the molecule is CC1CCCCC1NC1CC(=O)N(c2ccccc2)C1=O. The van der Waals surface area contributed by atoms with Gasteiger partial charge < -0.3 is 5.32 Å². The van der Waals surface area contributed by atoms with Crippen LogP contribution in [-0.4, -0.2) is 23.9 Å². The summed E-state index contributed by atoms with van der Waals surface area (Å²) < 4.78 is 0. The summed E-state index contributed by atoms with van der Waals surface area (Å²) in [5.41, 5.74) is 0.675. The van der Waals surface area contributed by atoms with Gasteiger partial charge in [0.05, 0.1) is 18.2 Å². The summed E-state index contributed by atoms with van der Waals surface area (Å²) in [5, 5.41) is 3.44. The lowest BCUT2D eigenvalue weighted by molar-refractivity contribution is -0.121. The number of hydrogen-bond acceptors (Lipinski definition) is 3. The van der Waals surface area contributed by atoms with Crippen LogP contribution < -0.4 is 10.2 Å². The molecule has 0 aromatic heterocycles. The molecule has 1 saturated heterocycles. The second-order valence-corrected chi connectivity index (χ2v) is 6.19. The molecule has 1 aliphatic carbocycles.